The summed E-state index contributed by atoms with van der Waals surface area (Å²) in [5.41, 5.74) is 6.81. The number of carbonyl (C=O) groups is 2. The van der Waals surface area contributed by atoms with Crippen molar-refractivity contribution in [3.8, 4) is 0 Å². The number of hydrogen-bond donors (Lipinski definition) is 2. The molecular formula is C17H19N3O2. The van der Waals surface area contributed by atoms with E-state index in [1.807, 2.05) is 36.4 Å². The van der Waals surface area contributed by atoms with Gasteiger partial charge in [-0.1, -0.05) is 36.4 Å². The summed E-state index contributed by atoms with van der Waals surface area (Å²) < 4.78 is 0. The molecule has 0 fully saturated rings. The van der Waals surface area contributed by atoms with Crippen molar-refractivity contribution in [2.45, 2.75) is 13.0 Å². The highest BCUT2D eigenvalue weighted by molar-refractivity contribution is 6.05. The van der Waals surface area contributed by atoms with Gasteiger partial charge in [0.1, 0.15) is 6.04 Å². The minimum atomic E-state index is -0.668. The Bertz CT molecular complexity index is 629. The van der Waals surface area contributed by atoms with Crippen LogP contribution < -0.4 is 16.0 Å². The minimum Gasteiger partial charge on any atom is -0.324 e. The molecule has 114 valence electrons. The highest BCUT2D eigenvalue weighted by atomic mass is 16.2. The van der Waals surface area contributed by atoms with Gasteiger partial charge in [-0.2, -0.15) is 0 Å². The molecule has 2 rings (SSSR count). The number of rotatable bonds is 5. The van der Waals surface area contributed by atoms with E-state index in [0.29, 0.717) is 11.4 Å². The predicted molar refractivity (Wildman–Crippen MR) is 87.5 cm³/mol. The van der Waals surface area contributed by atoms with Gasteiger partial charge in [-0.3, -0.25) is 14.5 Å². The molecule has 22 heavy (non-hydrogen) atoms. The first-order valence-corrected chi connectivity index (χ1v) is 7.06. The van der Waals surface area contributed by atoms with Crippen LogP contribution >= 0.6 is 0 Å². The Morgan fingerprint density at radius 3 is 2.14 bits per heavy atom. The van der Waals surface area contributed by atoms with Gasteiger partial charge in [0.2, 0.25) is 11.8 Å². The van der Waals surface area contributed by atoms with E-state index in [9.17, 15) is 9.59 Å². The Morgan fingerprint density at radius 1 is 1.05 bits per heavy atom. The molecule has 1 atom stereocenters. The summed E-state index contributed by atoms with van der Waals surface area (Å²) in [6, 6.07) is 17.5. The Morgan fingerprint density at radius 2 is 1.59 bits per heavy atom. The Balaban J connectivity index is 2.20. The summed E-state index contributed by atoms with van der Waals surface area (Å²) in [4.78, 5) is 25.9. The van der Waals surface area contributed by atoms with Crippen molar-refractivity contribution >= 4 is 23.2 Å². The number of nitrogens with two attached hydrogens (primary N) is 1. The maximum absolute atomic E-state index is 12.4. The third kappa shape index (κ3) is 3.71. The number of hydrogen-bond acceptors (Lipinski definition) is 3. The minimum absolute atomic E-state index is 0.155. The van der Waals surface area contributed by atoms with E-state index in [1.165, 1.54) is 4.90 Å². The van der Waals surface area contributed by atoms with Gasteiger partial charge in [0, 0.05) is 11.4 Å². The summed E-state index contributed by atoms with van der Waals surface area (Å²) >= 11 is 0. The smallest absolute Gasteiger partial charge is 0.247 e. The van der Waals surface area contributed by atoms with E-state index in [-0.39, 0.29) is 18.4 Å². The van der Waals surface area contributed by atoms with E-state index in [4.69, 9.17) is 5.73 Å². The summed E-state index contributed by atoms with van der Waals surface area (Å²) in [7, 11) is 0. The average Bonchev–Trinajstić information content (AvgIpc) is 2.56. The fraction of sp³-hybridized carbons (Fsp3) is 0.176. The van der Waals surface area contributed by atoms with Gasteiger partial charge >= 0.3 is 0 Å². The SMILES string of the molecule is CC(C(=O)Nc1ccccc1)N(C(=O)CN)c1ccccc1. The fourth-order valence-electron chi connectivity index (χ4n) is 2.16. The molecule has 0 heterocycles. The highest BCUT2D eigenvalue weighted by Crippen LogP contribution is 2.18. The molecule has 3 N–H and O–H groups in total. The second kappa shape index (κ2) is 7.38. The van der Waals surface area contributed by atoms with Crippen LogP contribution in [-0.2, 0) is 9.59 Å². The number of anilines is 2. The zero-order chi connectivity index (χ0) is 15.9. The number of benzene rings is 2. The largest absolute Gasteiger partial charge is 0.324 e. The van der Waals surface area contributed by atoms with Crippen LogP contribution in [0.1, 0.15) is 6.92 Å². The van der Waals surface area contributed by atoms with Gasteiger partial charge in [0.15, 0.2) is 0 Å². The molecule has 2 aromatic rings. The second-order valence-electron chi connectivity index (χ2n) is 4.83. The van der Waals surface area contributed by atoms with Crippen LogP contribution in [0.5, 0.6) is 0 Å². The standard InChI is InChI=1S/C17H19N3O2/c1-13(17(22)19-14-8-4-2-5-9-14)20(16(21)12-18)15-10-6-3-7-11-15/h2-11,13H,12,18H2,1H3,(H,19,22). The zero-order valence-corrected chi connectivity index (χ0v) is 12.4. The molecule has 2 amide bonds. The first-order chi connectivity index (χ1) is 10.6. The lowest BCUT2D eigenvalue weighted by molar-refractivity contribution is -0.122. The molecule has 1 unspecified atom stereocenters. The Kier molecular flexibility index (Phi) is 5.27. The molecule has 0 aliphatic carbocycles. The first kappa shape index (κ1) is 15.7. The number of carbonyl (C=O) groups excluding carboxylic acids is 2. The van der Waals surface area contributed by atoms with Crippen LogP contribution in [0, 0.1) is 0 Å². The third-order valence-electron chi connectivity index (χ3n) is 3.29. The summed E-state index contributed by atoms with van der Waals surface area (Å²) in [6.07, 6.45) is 0. The van der Waals surface area contributed by atoms with E-state index in [1.54, 1.807) is 31.2 Å². The molecule has 0 saturated heterocycles. The molecular weight excluding hydrogens is 278 g/mol. The molecule has 0 radical (unpaired) electrons. The topological polar surface area (TPSA) is 75.4 Å². The maximum atomic E-state index is 12.4. The molecule has 0 aliphatic heterocycles. The molecule has 0 spiro atoms. The van der Waals surface area contributed by atoms with Gasteiger partial charge in [-0.05, 0) is 31.2 Å². The van der Waals surface area contributed by atoms with Gasteiger partial charge in [-0.25, -0.2) is 0 Å². The van der Waals surface area contributed by atoms with Gasteiger partial charge < -0.3 is 11.1 Å². The normalized spacial score (nSPS) is 11.5. The van der Waals surface area contributed by atoms with E-state index in [2.05, 4.69) is 5.32 Å². The van der Waals surface area contributed by atoms with E-state index in [0.717, 1.165) is 0 Å². The lowest BCUT2D eigenvalue weighted by atomic mass is 10.2. The first-order valence-electron chi connectivity index (χ1n) is 7.06. The number of nitrogens with one attached hydrogen (secondary N) is 1. The third-order valence-corrected chi connectivity index (χ3v) is 3.29. The molecule has 0 bridgehead atoms. The van der Waals surface area contributed by atoms with Crippen LogP contribution in [0.2, 0.25) is 0 Å². The van der Waals surface area contributed by atoms with Crippen LogP contribution in [0.15, 0.2) is 60.7 Å². The van der Waals surface area contributed by atoms with Crippen LogP contribution in [0.25, 0.3) is 0 Å². The number of para-hydroxylation sites is 2. The number of amides is 2. The molecule has 5 nitrogen and oxygen atoms in total. The fourth-order valence-corrected chi connectivity index (χ4v) is 2.16. The summed E-state index contributed by atoms with van der Waals surface area (Å²) in [5, 5.41) is 2.80. The monoisotopic (exact) mass is 297 g/mol. The lowest BCUT2D eigenvalue weighted by Crippen LogP contribution is -2.48. The van der Waals surface area contributed by atoms with Crippen molar-refractivity contribution in [1.29, 1.82) is 0 Å². The Labute approximate surface area is 129 Å². The number of nitrogens with zero attached hydrogens (tertiary/aromatic N) is 1. The van der Waals surface area contributed by atoms with Gasteiger partial charge in [-0.15, -0.1) is 0 Å². The van der Waals surface area contributed by atoms with E-state index >= 15 is 0 Å². The van der Waals surface area contributed by atoms with Crippen molar-refractivity contribution in [3.05, 3.63) is 60.7 Å². The maximum Gasteiger partial charge on any atom is 0.247 e. The van der Waals surface area contributed by atoms with Crippen LogP contribution in [-0.4, -0.2) is 24.4 Å². The lowest BCUT2D eigenvalue weighted by Gasteiger charge is -2.28. The van der Waals surface area contributed by atoms with Crippen molar-refractivity contribution < 1.29 is 9.59 Å². The van der Waals surface area contributed by atoms with E-state index < -0.39 is 6.04 Å². The van der Waals surface area contributed by atoms with Crippen molar-refractivity contribution in [2.24, 2.45) is 5.73 Å². The quantitative estimate of drug-likeness (QED) is 0.886. The summed E-state index contributed by atoms with van der Waals surface area (Å²) in [6.45, 7) is 1.52. The molecule has 0 saturated carbocycles. The second-order valence-corrected chi connectivity index (χ2v) is 4.83. The van der Waals surface area contributed by atoms with Gasteiger partial charge in [0.05, 0.1) is 6.54 Å². The average molecular weight is 297 g/mol. The van der Waals surface area contributed by atoms with Crippen molar-refractivity contribution in [1.82, 2.24) is 0 Å². The zero-order valence-electron chi connectivity index (χ0n) is 12.4. The molecule has 2 aromatic carbocycles. The van der Waals surface area contributed by atoms with Crippen LogP contribution in [0.3, 0.4) is 0 Å². The molecule has 0 aromatic heterocycles. The highest BCUT2D eigenvalue weighted by Gasteiger charge is 2.26. The van der Waals surface area contributed by atoms with Crippen molar-refractivity contribution in [3.63, 3.8) is 0 Å². The van der Waals surface area contributed by atoms with Crippen LogP contribution in [0.4, 0.5) is 11.4 Å². The molecule has 5 heteroatoms. The molecule has 0 aliphatic rings. The predicted octanol–water partition coefficient (Wildman–Crippen LogP) is 2.01. The van der Waals surface area contributed by atoms with Crippen molar-refractivity contribution in [2.75, 3.05) is 16.8 Å². The van der Waals surface area contributed by atoms with Gasteiger partial charge in [0.25, 0.3) is 0 Å². The Hall–Kier alpha value is -2.66. The summed E-state index contributed by atoms with van der Waals surface area (Å²) in [5.74, 6) is -0.571.